The van der Waals surface area contributed by atoms with Crippen LogP contribution in [0.15, 0.2) is 17.8 Å². The molecule has 2 N–H and O–H groups in total. The molecule has 0 aliphatic carbocycles. The molecule has 0 radical (unpaired) electrons. The Morgan fingerprint density at radius 1 is 1.58 bits per heavy atom. The second-order valence-corrected chi connectivity index (χ2v) is 4.50. The third-order valence-electron chi connectivity index (χ3n) is 2.19. The minimum absolute atomic E-state index is 0.209. The Labute approximate surface area is 109 Å². The number of hydrogen-bond donors (Lipinski definition) is 2. The van der Waals surface area contributed by atoms with Crippen molar-refractivity contribution < 1.29 is 18.7 Å². The molecule has 2 heterocycles. The largest absolute Gasteiger partial charge is 0.390 e. The van der Waals surface area contributed by atoms with Crippen LogP contribution in [0.1, 0.15) is 9.67 Å². The van der Waals surface area contributed by atoms with Gasteiger partial charge >= 0.3 is 0 Å². The van der Waals surface area contributed by atoms with E-state index in [-0.39, 0.29) is 4.88 Å². The average molecular weight is 289 g/mol. The zero-order chi connectivity index (χ0) is 13.9. The van der Waals surface area contributed by atoms with Gasteiger partial charge in [0.15, 0.2) is 0 Å². The first kappa shape index (κ1) is 13.5. The fraction of sp³-hybridized carbons (Fsp3) is 0.333. The number of alkyl halides is 2. The number of nitrogens with zero attached hydrogens (tertiary/aromatic N) is 4. The van der Waals surface area contributed by atoms with E-state index in [1.165, 1.54) is 11.0 Å². The first-order valence-electron chi connectivity index (χ1n) is 5.11. The second kappa shape index (κ2) is 5.36. The van der Waals surface area contributed by atoms with E-state index in [9.17, 15) is 13.6 Å². The maximum atomic E-state index is 12.8. The molecule has 0 atom stereocenters. The van der Waals surface area contributed by atoms with Gasteiger partial charge in [0, 0.05) is 0 Å². The van der Waals surface area contributed by atoms with Crippen molar-refractivity contribution in [1.29, 1.82) is 0 Å². The summed E-state index contributed by atoms with van der Waals surface area (Å²) < 4.78 is 26.9. The summed E-state index contributed by atoms with van der Waals surface area (Å²) in [6, 6.07) is 1.60. The number of thiophene rings is 1. The Balaban J connectivity index is 2.11. The first-order chi connectivity index (χ1) is 9.03. The van der Waals surface area contributed by atoms with Crippen LogP contribution in [-0.4, -0.2) is 50.3 Å². The second-order valence-electron chi connectivity index (χ2n) is 3.59. The smallest absolute Gasteiger partial charge is 0.287 e. The molecule has 2 aromatic rings. The molecule has 2 aromatic heterocycles. The van der Waals surface area contributed by atoms with Crippen molar-refractivity contribution in [2.45, 2.75) is 5.92 Å². The Morgan fingerprint density at radius 2 is 2.37 bits per heavy atom. The number of halogens is 2. The summed E-state index contributed by atoms with van der Waals surface area (Å²) in [7, 11) is 0. The third-order valence-corrected chi connectivity index (χ3v) is 3.09. The van der Waals surface area contributed by atoms with Crippen LogP contribution < -0.4 is 5.32 Å². The van der Waals surface area contributed by atoms with E-state index in [2.05, 4.69) is 20.8 Å². The van der Waals surface area contributed by atoms with Gasteiger partial charge in [0.25, 0.3) is 11.8 Å². The van der Waals surface area contributed by atoms with Gasteiger partial charge in [-0.3, -0.25) is 4.79 Å². The van der Waals surface area contributed by atoms with E-state index in [1.807, 2.05) is 0 Å². The fourth-order valence-corrected chi connectivity index (χ4v) is 2.06. The number of amides is 1. The molecule has 7 nitrogen and oxygen atoms in total. The predicted molar refractivity (Wildman–Crippen MR) is 61.4 cm³/mol. The van der Waals surface area contributed by atoms with E-state index >= 15 is 0 Å². The average Bonchev–Trinajstić information content (AvgIpc) is 3.05. The van der Waals surface area contributed by atoms with Crippen LogP contribution in [0.3, 0.4) is 0 Å². The number of tetrazole rings is 1. The van der Waals surface area contributed by atoms with Gasteiger partial charge in [-0.05, 0) is 21.9 Å². The molecule has 0 aliphatic rings. The van der Waals surface area contributed by atoms with Gasteiger partial charge in [0.1, 0.15) is 17.8 Å². The van der Waals surface area contributed by atoms with Crippen LogP contribution in [0, 0.1) is 0 Å². The molecule has 2 rings (SSSR count). The van der Waals surface area contributed by atoms with Crippen molar-refractivity contribution in [2.75, 3.05) is 13.2 Å². The quantitative estimate of drug-likeness (QED) is 0.813. The molecule has 0 aliphatic heterocycles. The van der Waals surface area contributed by atoms with E-state index < -0.39 is 25.0 Å². The van der Waals surface area contributed by atoms with Gasteiger partial charge in [0.2, 0.25) is 0 Å². The van der Waals surface area contributed by atoms with Crippen LogP contribution in [0.2, 0.25) is 0 Å². The molecule has 0 saturated heterocycles. The predicted octanol–water partition coefficient (Wildman–Crippen LogP) is 0.0812. The highest BCUT2D eigenvalue weighted by molar-refractivity contribution is 7.12. The van der Waals surface area contributed by atoms with Crippen LogP contribution >= 0.6 is 11.3 Å². The van der Waals surface area contributed by atoms with Gasteiger partial charge < -0.3 is 10.4 Å². The lowest BCUT2D eigenvalue weighted by molar-refractivity contribution is -0.0461. The SMILES string of the molecule is O=C(NCC(F)(F)CO)c1sccc1-n1cnnn1. The Morgan fingerprint density at radius 3 is 3.00 bits per heavy atom. The Hall–Kier alpha value is -1.94. The fourth-order valence-electron chi connectivity index (χ4n) is 1.27. The highest BCUT2D eigenvalue weighted by Crippen LogP contribution is 2.20. The van der Waals surface area contributed by atoms with Gasteiger partial charge in [-0.15, -0.1) is 16.4 Å². The number of carbonyl (C=O) groups is 1. The molecule has 1 amide bonds. The number of aromatic nitrogens is 4. The normalized spacial score (nSPS) is 11.5. The van der Waals surface area contributed by atoms with E-state index in [4.69, 9.17) is 5.11 Å². The molecule has 0 aromatic carbocycles. The van der Waals surface area contributed by atoms with Gasteiger partial charge in [-0.1, -0.05) is 0 Å². The lowest BCUT2D eigenvalue weighted by Crippen LogP contribution is -2.39. The molecule has 0 unspecified atom stereocenters. The molecule has 102 valence electrons. The summed E-state index contributed by atoms with van der Waals surface area (Å²) in [5.41, 5.74) is 0.403. The van der Waals surface area contributed by atoms with Crippen LogP contribution in [0.25, 0.3) is 5.69 Å². The van der Waals surface area contributed by atoms with Gasteiger partial charge in [-0.2, -0.15) is 4.68 Å². The maximum Gasteiger partial charge on any atom is 0.287 e. The number of rotatable bonds is 5. The van der Waals surface area contributed by atoms with Crippen molar-refractivity contribution in [3.05, 3.63) is 22.7 Å². The topological polar surface area (TPSA) is 92.9 Å². The number of hydrogen-bond acceptors (Lipinski definition) is 6. The summed E-state index contributed by atoms with van der Waals surface area (Å²) in [5.74, 6) is -4.02. The molecule has 19 heavy (non-hydrogen) atoms. The van der Waals surface area contributed by atoms with E-state index in [0.29, 0.717) is 5.69 Å². The minimum atomic E-state index is -3.35. The number of aliphatic hydroxyl groups excluding tert-OH is 1. The summed E-state index contributed by atoms with van der Waals surface area (Å²) >= 11 is 1.08. The Kier molecular flexibility index (Phi) is 3.81. The van der Waals surface area contributed by atoms with Crippen LogP contribution in [0.5, 0.6) is 0 Å². The van der Waals surface area contributed by atoms with E-state index in [0.717, 1.165) is 11.3 Å². The molecule has 0 saturated carbocycles. The van der Waals surface area contributed by atoms with Crippen molar-refractivity contribution >= 4 is 17.2 Å². The molecule has 10 heteroatoms. The number of aliphatic hydroxyl groups is 1. The van der Waals surface area contributed by atoms with Crippen molar-refractivity contribution in [3.8, 4) is 5.69 Å². The summed E-state index contributed by atoms with van der Waals surface area (Å²) in [6.45, 7) is -2.26. The highest BCUT2D eigenvalue weighted by atomic mass is 32.1. The summed E-state index contributed by atoms with van der Waals surface area (Å²) in [5, 5.41) is 22.6. The molecule has 0 bridgehead atoms. The third kappa shape index (κ3) is 3.09. The minimum Gasteiger partial charge on any atom is -0.390 e. The van der Waals surface area contributed by atoms with Crippen molar-refractivity contribution in [3.63, 3.8) is 0 Å². The Bertz CT molecular complexity index is 557. The number of nitrogens with one attached hydrogen (secondary N) is 1. The van der Waals surface area contributed by atoms with Crippen LogP contribution in [0.4, 0.5) is 8.78 Å². The standard InChI is InChI=1S/C9H9F2N5O2S/c10-9(11,4-17)3-12-8(18)7-6(1-2-19-7)16-5-13-14-15-16/h1-2,5,17H,3-4H2,(H,12,18). The lowest BCUT2D eigenvalue weighted by atomic mass is 10.3. The maximum absolute atomic E-state index is 12.8. The number of carbonyl (C=O) groups excluding carboxylic acids is 1. The summed E-state index contributed by atoms with van der Waals surface area (Å²) in [6.07, 6.45) is 1.29. The van der Waals surface area contributed by atoms with Crippen molar-refractivity contribution in [2.24, 2.45) is 0 Å². The lowest BCUT2D eigenvalue weighted by Gasteiger charge is -2.13. The van der Waals surface area contributed by atoms with Crippen LogP contribution in [-0.2, 0) is 0 Å². The molecule has 0 fully saturated rings. The van der Waals surface area contributed by atoms with Gasteiger partial charge in [0.05, 0.1) is 12.2 Å². The van der Waals surface area contributed by atoms with Crippen molar-refractivity contribution in [1.82, 2.24) is 25.5 Å². The molecular weight excluding hydrogens is 280 g/mol. The first-order valence-corrected chi connectivity index (χ1v) is 5.99. The van der Waals surface area contributed by atoms with E-state index in [1.54, 1.807) is 11.4 Å². The zero-order valence-electron chi connectivity index (χ0n) is 9.45. The monoisotopic (exact) mass is 289 g/mol. The molecule has 0 spiro atoms. The highest BCUT2D eigenvalue weighted by Gasteiger charge is 2.29. The summed E-state index contributed by atoms with van der Waals surface area (Å²) in [4.78, 5) is 12.0. The van der Waals surface area contributed by atoms with Gasteiger partial charge in [-0.25, -0.2) is 8.78 Å². The molecular formula is C9H9F2N5O2S. The zero-order valence-corrected chi connectivity index (χ0v) is 10.3.